The van der Waals surface area contributed by atoms with Crippen LogP contribution in [0.4, 0.5) is 50.9 Å². The van der Waals surface area contributed by atoms with Crippen LogP contribution in [-0.4, -0.2) is 30.1 Å². The normalized spacial score (nSPS) is 13.5. The van der Waals surface area contributed by atoms with Gasteiger partial charge in [-0.25, -0.2) is 4.39 Å². The smallest absolute Gasteiger partial charge is 0.454 e. The van der Waals surface area contributed by atoms with E-state index < -0.39 is 42.3 Å². The number of alkyl halides is 8. The van der Waals surface area contributed by atoms with Gasteiger partial charge in [0.1, 0.15) is 5.75 Å². The van der Waals surface area contributed by atoms with Crippen LogP contribution in [-0.2, 0) is 12.3 Å². The van der Waals surface area contributed by atoms with Crippen molar-refractivity contribution >= 4 is 27.3 Å². The van der Waals surface area contributed by atoms with E-state index in [-0.39, 0.29) is 40.4 Å². The van der Waals surface area contributed by atoms with Crippen molar-refractivity contribution in [2.75, 3.05) is 11.4 Å². The summed E-state index contributed by atoms with van der Waals surface area (Å²) in [5.74, 6) is -6.15. The molecule has 6 rings (SSSR count). The van der Waals surface area contributed by atoms with E-state index in [0.29, 0.717) is 27.7 Å². The standard InChI is InChI=1S/C36H23BrF9NO2/c37-23-11-14-30(38)31(17-23)49-25-9-4-8-24(18-25)47(19-32(48)35(41,42)43)33-27(12-13-28-26-10-2-1-5-21(26)16-29(28)33)20-6-3-7-22(15-20)34(39,40)36(44,45)46/h1-15,17-18,32,48H,16,19H2/t32-/m1/s1. The highest BCUT2D eigenvalue weighted by atomic mass is 79.9. The monoisotopic (exact) mass is 751 g/mol. The summed E-state index contributed by atoms with van der Waals surface area (Å²) in [7, 11) is 0. The van der Waals surface area contributed by atoms with E-state index in [4.69, 9.17) is 4.74 Å². The second-order valence-electron chi connectivity index (χ2n) is 11.3. The molecule has 0 aliphatic heterocycles. The van der Waals surface area contributed by atoms with Gasteiger partial charge in [0, 0.05) is 33.8 Å². The van der Waals surface area contributed by atoms with Crippen molar-refractivity contribution in [1.82, 2.24) is 0 Å². The van der Waals surface area contributed by atoms with Crippen molar-refractivity contribution in [3.8, 4) is 33.8 Å². The van der Waals surface area contributed by atoms with Crippen molar-refractivity contribution < 1.29 is 49.4 Å². The van der Waals surface area contributed by atoms with Crippen molar-refractivity contribution in [3.63, 3.8) is 0 Å². The maximum absolute atomic E-state index is 14.6. The summed E-state index contributed by atoms with van der Waals surface area (Å²) < 4.78 is 132. The molecule has 254 valence electrons. The highest BCUT2D eigenvalue weighted by Gasteiger charge is 2.58. The third-order valence-corrected chi connectivity index (χ3v) is 8.60. The molecule has 1 N–H and O–H groups in total. The molecular weight excluding hydrogens is 729 g/mol. The molecule has 1 aliphatic carbocycles. The summed E-state index contributed by atoms with van der Waals surface area (Å²) >= 11 is 3.22. The number of aliphatic hydroxyl groups is 1. The second-order valence-corrected chi connectivity index (χ2v) is 12.2. The number of anilines is 2. The summed E-state index contributed by atoms with van der Waals surface area (Å²) in [6.45, 7) is -1.10. The average Bonchev–Trinajstić information content (AvgIpc) is 3.43. The fourth-order valence-corrected chi connectivity index (χ4v) is 6.12. The minimum atomic E-state index is -5.91. The van der Waals surface area contributed by atoms with Gasteiger partial charge in [0.05, 0.1) is 12.2 Å². The van der Waals surface area contributed by atoms with E-state index in [1.165, 1.54) is 48.5 Å². The molecule has 13 heteroatoms. The molecule has 0 bridgehead atoms. The summed E-state index contributed by atoms with van der Waals surface area (Å²) in [5.41, 5.74) is 1.20. The zero-order valence-electron chi connectivity index (χ0n) is 24.9. The highest BCUT2D eigenvalue weighted by Crippen LogP contribution is 2.50. The van der Waals surface area contributed by atoms with Gasteiger partial charge in [0.2, 0.25) is 0 Å². The molecule has 0 radical (unpaired) electrons. The minimum Gasteiger partial charge on any atom is -0.454 e. The highest BCUT2D eigenvalue weighted by molar-refractivity contribution is 9.10. The number of benzene rings is 5. The molecule has 49 heavy (non-hydrogen) atoms. The Balaban J connectivity index is 1.57. The van der Waals surface area contributed by atoms with Crippen LogP contribution in [0.3, 0.4) is 0 Å². The topological polar surface area (TPSA) is 32.7 Å². The SMILES string of the molecule is O[C@H](CN(c1cccc(Oc2cc(Br)ccc2F)c1)c1c(-c2cccc(C(F)(F)C(F)(F)F)c2)ccc2c1Cc1ccccc1-2)C(F)(F)F. The lowest BCUT2D eigenvalue weighted by Gasteiger charge is -2.32. The maximum Gasteiger partial charge on any atom is 0.458 e. The number of rotatable bonds is 8. The van der Waals surface area contributed by atoms with Gasteiger partial charge in [-0.05, 0) is 64.2 Å². The number of nitrogens with zero attached hydrogens (tertiary/aromatic N) is 1. The molecule has 3 nitrogen and oxygen atoms in total. The molecular formula is C36H23BrF9NO2. The zero-order valence-corrected chi connectivity index (χ0v) is 26.5. The number of aliphatic hydroxyl groups excluding tert-OH is 1. The van der Waals surface area contributed by atoms with Gasteiger partial charge in [-0.3, -0.25) is 0 Å². The first-order valence-corrected chi connectivity index (χ1v) is 15.4. The van der Waals surface area contributed by atoms with Crippen LogP contribution in [0.1, 0.15) is 16.7 Å². The van der Waals surface area contributed by atoms with Crippen molar-refractivity contribution in [1.29, 1.82) is 0 Å². The molecule has 0 unspecified atom stereocenters. The van der Waals surface area contributed by atoms with E-state index in [1.807, 2.05) is 0 Å². The van der Waals surface area contributed by atoms with E-state index in [0.717, 1.165) is 28.2 Å². The van der Waals surface area contributed by atoms with Crippen molar-refractivity contribution in [2.24, 2.45) is 0 Å². The van der Waals surface area contributed by atoms with E-state index >= 15 is 0 Å². The first-order valence-electron chi connectivity index (χ1n) is 14.6. The largest absolute Gasteiger partial charge is 0.458 e. The fraction of sp³-hybridized carbons (Fsp3) is 0.167. The predicted octanol–water partition coefficient (Wildman–Crippen LogP) is 11.3. The fourth-order valence-electron chi connectivity index (χ4n) is 5.78. The quantitative estimate of drug-likeness (QED) is 0.157. The Labute approximate surface area is 282 Å². The van der Waals surface area contributed by atoms with Crippen LogP contribution >= 0.6 is 15.9 Å². The van der Waals surface area contributed by atoms with E-state index in [1.54, 1.807) is 30.3 Å². The minimum absolute atomic E-state index is 0.00484. The van der Waals surface area contributed by atoms with Gasteiger partial charge in [-0.1, -0.05) is 76.6 Å². The molecule has 1 atom stereocenters. The van der Waals surface area contributed by atoms with Crippen LogP contribution in [0.5, 0.6) is 11.5 Å². The molecule has 5 aromatic carbocycles. The zero-order chi connectivity index (χ0) is 35.3. The Bertz CT molecular complexity index is 2030. The number of hydrogen-bond acceptors (Lipinski definition) is 3. The van der Waals surface area contributed by atoms with Gasteiger partial charge >= 0.3 is 18.3 Å². The Kier molecular flexibility index (Phi) is 8.95. The summed E-state index contributed by atoms with van der Waals surface area (Å²) in [5, 5.41) is 10.4. The lowest BCUT2D eigenvalue weighted by atomic mass is 9.93. The predicted molar refractivity (Wildman–Crippen MR) is 170 cm³/mol. The Morgan fingerprint density at radius 3 is 2.20 bits per heavy atom. The molecule has 5 aromatic rings. The number of halogens is 10. The van der Waals surface area contributed by atoms with E-state index in [2.05, 4.69) is 15.9 Å². The summed E-state index contributed by atoms with van der Waals surface area (Å²) in [6.07, 6.45) is -13.8. The first-order chi connectivity index (χ1) is 23.0. The summed E-state index contributed by atoms with van der Waals surface area (Å²) in [6, 6.07) is 23.2. The van der Waals surface area contributed by atoms with Crippen LogP contribution in [0.15, 0.2) is 108 Å². The molecule has 0 amide bonds. The number of hydrogen-bond donors (Lipinski definition) is 1. The lowest BCUT2D eigenvalue weighted by molar-refractivity contribution is -0.289. The maximum atomic E-state index is 14.6. The van der Waals surface area contributed by atoms with Gasteiger partial charge < -0.3 is 14.7 Å². The molecule has 0 aromatic heterocycles. The Morgan fingerprint density at radius 1 is 0.755 bits per heavy atom. The van der Waals surface area contributed by atoms with Crippen LogP contribution in [0, 0.1) is 5.82 Å². The molecule has 0 heterocycles. The Morgan fingerprint density at radius 2 is 1.47 bits per heavy atom. The van der Waals surface area contributed by atoms with Gasteiger partial charge in [0.15, 0.2) is 17.7 Å². The molecule has 1 aliphatic rings. The number of ether oxygens (including phenoxy) is 1. The van der Waals surface area contributed by atoms with Crippen LogP contribution < -0.4 is 9.64 Å². The van der Waals surface area contributed by atoms with Crippen molar-refractivity contribution in [2.45, 2.75) is 30.8 Å². The summed E-state index contributed by atoms with van der Waals surface area (Å²) in [4.78, 5) is 1.12. The van der Waals surface area contributed by atoms with Gasteiger partial charge in [-0.2, -0.15) is 35.1 Å². The third kappa shape index (κ3) is 6.73. The molecule has 0 saturated heterocycles. The third-order valence-electron chi connectivity index (χ3n) is 8.10. The molecule has 0 spiro atoms. The van der Waals surface area contributed by atoms with Gasteiger partial charge in [-0.15, -0.1) is 0 Å². The van der Waals surface area contributed by atoms with Gasteiger partial charge in [0.25, 0.3) is 0 Å². The Hall–Kier alpha value is -4.49. The first kappa shape index (κ1) is 34.4. The van der Waals surface area contributed by atoms with Crippen LogP contribution in [0.2, 0.25) is 0 Å². The molecule has 0 saturated carbocycles. The average molecular weight is 752 g/mol. The van der Waals surface area contributed by atoms with E-state index in [9.17, 15) is 44.6 Å². The lowest BCUT2D eigenvalue weighted by Crippen LogP contribution is -2.39. The molecule has 0 fully saturated rings. The van der Waals surface area contributed by atoms with Crippen molar-refractivity contribution in [3.05, 3.63) is 130 Å². The van der Waals surface area contributed by atoms with Crippen LogP contribution in [0.25, 0.3) is 22.3 Å². The number of fused-ring (bicyclic) bond motifs is 3. The second kappa shape index (κ2) is 12.8.